The van der Waals surface area contributed by atoms with Crippen molar-refractivity contribution >= 4 is 27.9 Å². The molecule has 1 aliphatic heterocycles. The van der Waals surface area contributed by atoms with Gasteiger partial charge >= 0.3 is 6.18 Å². The fourth-order valence-electron chi connectivity index (χ4n) is 2.95. The van der Waals surface area contributed by atoms with E-state index in [1.165, 1.54) is 18.5 Å². The van der Waals surface area contributed by atoms with E-state index in [1.54, 1.807) is 0 Å². The predicted molar refractivity (Wildman–Crippen MR) is 79.4 cm³/mol. The summed E-state index contributed by atoms with van der Waals surface area (Å²) in [5, 5.41) is 3.22. The van der Waals surface area contributed by atoms with Gasteiger partial charge in [-0.15, -0.1) is 0 Å². The molecule has 1 fully saturated rings. The molecule has 5 nitrogen and oxygen atoms in total. The van der Waals surface area contributed by atoms with Crippen molar-refractivity contribution in [1.82, 2.24) is 15.3 Å². The van der Waals surface area contributed by atoms with Crippen molar-refractivity contribution in [2.75, 3.05) is 31.1 Å². The molecule has 2 aromatic heterocycles. The number of piperazine rings is 1. The van der Waals surface area contributed by atoms with Gasteiger partial charge in [0.25, 0.3) is 0 Å². The van der Waals surface area contributed by atoms with E-state index in [0.29, 0.717) is 11.4 Å². The Hall–Kier alpha value is -2.35. The van der Waals surface area contributed by atoms with E-state index in [4.69, 9.17) is 4.42 Å². The van der Waals surface area contributed by atoms with Gasteiger partial charge in [-0.05, 0) is 12.1 Å². The second-order valence-corrected chi connectivity index (χ2v) is 5.39. The van der Waals surface area contributed by atoms with Crippen molar-refractivity contribution < 1.29 is 17.6 Å². The van der Waals surface area contributed by atoms with E-state index in [1.807, 2.05) is 4.90 Å². The highest BCUT2D eigenvalue weighted by Crippen LogP contribution is 2.40. The summed E-state index contributed by atoms with van der Waals surface area (Å²) in [7, 11) is 0. The Balaban J connectivity index is 1.99. The lowest BCUT2D eigenvalue weighted by molar-refractivity contribution is -0.136. The Morgan fingerprint density at radius 1 is 1.13 bits per heavy atom. The summed E-state index contributed by atoms with van der Waals surface area (Å²) in [4.78, 5) is 10.3. The van der Waals surface area contributed by atoms with Crippen LogP contribution in [-0.2, 0) is 6.18 Å². The van der Waals surface area contributed by atoms with Gasteiger partial charge in [-0.25, -0.2) is 9.97 Å². The molecule has 0 amide bonds. The van der Waals surface area contributed by atoms with Crippen LogP contribution in [0, 0.1) is 0 Å². The highest BCUT2D eigenvalue weighted by Gasteiger charge is 2.35. The number of nitrogens with one attached hydrogen (secondary N) is 1. The van der Waals surface area contributed by atoms with Crippen LogP contribution in [0.15, 0.2) is 28.9 Å². The number of alkyl halides is 3. The molecular weight excluding hydrogens is 309 g/mol. The van der Waals surface area contributed by atoms with Crippen molar-refractivity contribution in [2.45, 2.75) is 6.18 Å². The zero-order valence-electron chi connectivity index (χ0n) is 12.0. The summed E-state index contributed by atoms with van der Waals surface area (Å²) in [5.41, 5.74) is -0.0528. The topological polar surface area (TPSA) is 54.2 Å². The van der Waals surface area contributed by atoms with Crippen LogP contribution < -0.4 is 10.2 Å². The first kappa shape index (κ1) is 14.3. The van der Waals surface area contributed by atoms with Gasteiger partial charge < -0.3 is 14.6 Å². The molecule has 1 aromatic carbocycles. The van der Waals surface area contributed by atoms with Crippen LogP contribution in [-0.4, -0.2) is 36.1 Å². The van der Waals surface area contributed by atoms with E-state index < -0.39 is 11.7 Å². The largest absolute Gasteiger partial charge is 0.450 e. The van der Waals surface area contributed by atoms with E-state index in [0.717, 1.165) is 32.2 Å². The molecule has 0 bridgehead atoms. The maximum Gasteiger partial charge on any atom is 0.417 e. The molecule has 3 aromatic rings. The molecular formula is C15H13F3N4O. The first-order valence-corrected chi connectivity index (χ1v) is 7.25. The maximum atomic E-state index is 13.3. The van der Waals surface area contributed by atoms with Gasteiger partial charge in [0, 0.05) is 26.2 Å². The lowest BCUT2D eigenvalue weighted by Crippen LogP contribution is -2.43. The highest BCUT2D eigenvalue weighted by atomic mass is 19.4. The molecule has 1 N–H and O–H groups in total. The molecule has 0 unspecified atom stereocenters. The SMILES string of the molecule is FC(F)(F)c1cccc2oc3c(N4CCNCC4)ncnc3c12. The minimum atomic E-state index is -4.46. The van der Waals surface area contributed by atoms with Gasteiger partial charge in [-0.1, -0.05) is 6.07 Å². The van der Waals surface area contributed by atoms with Crippen molar-refractivity contribution in [3.63, 3.8) is 0 Å². The number of rotatable bonds is 1. The van der Waals surface area contributed by atoms with Crippen LogP contribution in [0.1, 0.15) is 5.56 Å². The van der Waals surface area contributed by atoms with Crippen LogP contribution in [0.3, 0.4) is 0 Å². The molecule has 0 aliphatic carbocycles. The lowest BCUT2D eigenvalue weighted by Gasteiger charge is -2.27. The minimum Gasteiger partial charge on any atom is -0.450 e. The van der Waals surface area contributed by atoms with Crippen LogP contribution in [0.25, 0.3) is 22.1 Å². The van der Waals surface area contributed by atoms with E-state index in [9.17, 15) is 13.2 Å². The van der Waals surface area contributed by atoms with Crippen molar-refractivity contribution in [3.8, 4) is 0 Å². The van der Waals surface area contributed by atoms with E-state index >= 15 is 0 Å². The molecule has 120 valence electrons. The first-order chi connectivity index (χ1) is 11.1. The molecule has 23 heavy (non-hydrogen) atoms. The Morgan fingerprint density at radius 2 is 1.91 bits per heavy atom. The molecule has 0 radical (unpaired) electrons. The van der Waals surface area contributed by atoms with Gasteiger partial charge in [0.1, 0.15) is 17.4 Å². The number of anilines is 1. The third-order valence-electron chi connectivity index (χ3n) is 3.98. The fourth-order valence-corrected chi connectivity index (χ4v) is 2.95. The Bertz CT molecular complexity index is 868. The average Bonchev–Trinajstić information content (AvgIpc) is 2.93. The highest BCUT2D eigenvalue weighted by molar-refractivity contribution is 6.07. The quantitative estimate of drug-likeness (QED) is 0.747. The average molecular weight is 322 g/mol. The molecule has 1 aliphatic rings. The molecule has 8 heteroatoms. The Morgan fingerprint density at radius 3 is 2.65 bits per heavy atom. The number of fused-ring (bicyclic) bond motifs is 3. The van der Waals surface area contributed by atoms with E-state index in [2.05, 4.69) is 15.3 Å². The molecule has 0 atom stereocenters. The molecule has 3 heterocycles. The number of furan rings is 1. The number of hydrogen-bond donors (Lipinski definition) is 1. The number of benzene rings is 1. The molecule has 0 spiro atoms. The summed E-state index contributed by atoms with van der Waals surface area (Å²) in [6.45, 7) is 3.02. The number of nitrogens with zero attached hydrogens (tertiary/aromatic N) is 3. The van der Waals surface area contributed by atoms with Crippen LogP contribution in [0.2, 0.25) is 0 Å². The third kappa shape index (κ3) is 2.29. The zero-order chi connectivity index (χ0) is 16.0. The van der Waals surface area contributed by atoms with Crippen LogP contribution in [0.5, 0.6) is 0 Å². The van der Waals surface area contributed by atoms with Crippen molar-refractivity contribution in [1.29, 1.82) is 0 Å². The third-order valence-corrected chi connectivity index (χ3v) is 3.98. The standard InChI is InChI=1S/C15H13F3N4O/c16-15(17,18)9-2-1-3-10-11(9)12-13(23-10)14(21-8-20-12)22-6-4-19-5-7-22/h1-3,8,19H,4-7H2. The fraction of sp³-hybridized carbons (Fsp3) is 0.333. The normalized spacial score (nSPS) is 16.4. The van der Waals surface area contributed by atoms with Crippen LogP contribution in [0.4, 0.5) is 19.0 Å². The Kier molecular flexibility index (Phi) is 3.15. The number of aromatic nitrogens is 2. The minimum absolute atomic E-state index is 0.00576. The van der Waals surface area contributed by atoms with Gasteiger partial charge in [-0.2, -0.15) is 13.2 Å². The number of halogens is 3. The van der Waals surface area contributed by atoms with Crippen molar-refractivity contribution in [2.24, 2.45) is 0 Å². The summed E-state index contributed by atoms with van der Waals surface area (Å²) >= 11 is 0. The second-order valence-electron chi connectivity index (χ2n) is 5.39. The summed E-state index contributed by atoms with van der Waals surface area (Å²) in [6.07, 6.45) is -3.17. The van der Waals surface area contributed by atoms with Gasteiger partial charge in [-0.3, -0.25) is 0 Å². The molecule has 4 rings (SSSR count). The van der Waals surface area contributed by atoms with Gasteiger partial charge in [0.15, 0.2) is 11.4 Å². The first-order valence-electron chi connectivity index (χ1n) is 7.25. The maximum absolute atomic E-state index is 13.3. The monoisotopic (exact) mass is 322 g/mol. The lowest BCUT2D eigenvalue weighted by atomic mass is 10.1. The smallest absolute Gasteiger partial charge is 0.417 e. The number of hydrogen-bond acceptors (Lipinski definition) is 5. The summed E-state index contributed by atoms with van der Waals surface area (Å²) < 4.78 is 45.5. The van der Waals surface area contributed by atoms with Gasteiger partial charge in [0.2, 0.25) is 0 Å². The zero-order valence-corrected chi connectivity index (χ0v) is 12.0. The van der Waals surface area contributed by atoms with E-state index in [-0.39, 0.29) is 16.5 Å². The van der Waals surface area contributed by atoms with Gasteiger partial charge in [0.05, 0.1) is 10.9 Å². The van der Waals surface area contributed by atoms with Crippen LogP contribution >= 0.6 is 0 Å². The summed E-state index contributed by atoms with van der Waals surface area (Å²) in [6, 6.07) is 3.91. The van der Waals surface area contributed by atoms with Crippen molar-refractivity contribution in [3.05, 3.63) is 30.1 Å². The summed E-state index contributed by atoms with van der Waals surface area (Å²) in [5.74, 6) is 0.542. The molecule has 1 saturated heterocycles. The predicted octanol–water partition coefficient (Wildman–Crippen LogP) is 2.80. The second kappa shape index (κ2) is 5.09. The molecule has 0 saturated carbocycles. The Labute approximate surface area is 129 Å².